The van der Waals surface area contributed by atoms with Crippen LogP contribution in [-0.4, -0.2) is 0 Å². The summed E-state index contributed by atoms with van der Waals surface area (Å²) >= 11 is 0. The summed E-state index contributed by atoms with van der Waals surface area (Å²) in [6.07, 6.45) is 4.47. The fourth-order valence-electron chi connectivity index (χ4n) is 10.7. The molecule has 0 unspecified atom stereocenters. The number of nitrogens with zero attached hydrogens (tertiary/aromatic N) is 1. The van der Waals surface area contributed by atoms with E-state index < -0.39 is 5.41 Å². The fourth-order valence-corrected chi connectivity index (χ4v) is 10.7. The van der Waals surface area contributed by atoms with Crippen LogP contribution in [0.4, 0.5) is 17.1 Å². The Balaban J connectivity index is 1.13. The van der Waals surface area contributed by atoms with Gasteiger partial charge in [-0.2, -0.15) is 0 Å². The topological polar surface area (TPSA) is 3.24 Å². The standard InChI is InChI=1S/C58H45N/c1-57(2)51-29-15-12-25-46(51)47-38-37-45(39-54(47)57)59(44-35-33-41(34-36-44)40-19-6-3-7-20-40)55-32-17-14-26-48(55)49-28-18-31-53-56(49)50-27-13-16-30-52(50)58(53,42-21-8-4-9-22-42)43-23-10-5-11-24-43/h3-17,19-30,32-39H,18,31H2,1-2H3. The molecule has 59 heavy (non-hydrogen) atoms. The first-order valence-electron chi connectivity index (χ1n) is 21.0. The lowest BCUT2D eigenvalue weighted by molar-refractivity contribution is 0.660. The normalized spacial score (nSPS) is 15.5. The Bertz CT molecular complexity index is 2890. The predicted molar refractivity (Wildman–Crippen MR) is 247 cm³/mol. The van der Waals surface area contributed by atoms with Crippen LogP contribution < -0.4 is 4.90 Å². The van der Waals surface area contributed by atoms with Crippen LogP contribution in [-0.2, 0) is 10.8 Å². The maximum atomic E-state index is 2.51. The Labute approximate surface area is 348 Å². The van der Waals surface area contributed by atoms with E-state index in [1.54, 1.807) is 0 Å². The van der Waals surface area contributed by atoms with Crippen molar-refractivity contribution >= 4 is 28.2 Å². The summed E-state index contributed by atoms with van der Waals surface area (Å²) < 4.78 is 0. The van der Waals surface area contributed by atoms with Gasteiger partial charge >= 0.3 is 0 Å². The summed E-state index contributed by atoms with van der Waals surface area (Å²) in [4.78, 5) is 2.50. The molecule has 0 spiro atoms. The quantitative estimate of drug-likeness (QED) is 0.157. The third-order valence-corrected chi connectivity index (χ3v) is 13.3. The largest absolute Gasteiger partial charge is 0.310 e. The number of benzene rings is 8. The molecule has 0 bridgehead atoms. The summed E-state index contributed by atoms with van der Waals surface area (Å²) in [6, 6.07) is 76.6. The highest BCUT2D eigenvalue weighted by atomic mass is 15.1. The molecular weight excluding hydrogens is 711 g/mol. The molecular formula is C58H45N. The molecule has 0 fully saturated rings. The molecule has 0 heterocycles. The van der Waals surface area contributed by atoms with Gasteiger partial charge in [0.25, 0.3) is 0 Å². The zero-order chi connectivity index (χ0) is 39.6. The Kier molecular flexibility index (Phi) is 8.27. The van der Waals surface area contributed by atoms with Crippen molar-refractivity contribution in [3.05, 3.63) is 257 Å². The van der Waals surface area contributed by atoms with Gasteiger partial charge in [-0.3, -0.25) is 0 Å². The molecule has 1 nitrogen and oxygen atoms in total. The summed E-state index contributed by atoms with van der Waals surface area (Å²) in [6.45, 7) is 4.75. The average molecular weight is 756 g/mol. The third kappa shape index (κ3) is 5.38. The van der Waals surface area contributed by atoms with Crippen molar-refractivity contribution in [1.82, 2.24) is 0 Å². The van der Waals surface area contributed by atoms with Crippen molar-refractivity contribution in [2.24, 2.45) is 0 Å². The van der Waals surface area contributed by atoms with Gasteiger partial charge in [0.2, 0.25) is 0 Å². The minimum atomic E-state index is -0.392. The minimum Gasteiger partial charge on any atom is -0.310 e. The van der Waals surface area contributed by atoms with E-state index in [-0.39, 0.29) is 5.41 Å². The van der Waals surface area contributed by atoms with Gasteiger partial charge in [0.05, 0.1) is 11.1 Å². The molecule has 0 radical (unpaired) electrons. The molecule has 0 saturated carbocycles. The van der Waals surface area contributed by atoms with E-state index in [0.717, 1.165) is 24.2 Å². The smallest absolute Gasteiger partial charge is 0.0676 e. The summed E-state index contributed by atoms with van der Waals surface area (Å²) in [5, 5.41) is 0. The van der Waals surface area contributed by atoms with Crippen LogP contribution in [0.15, 0.2) is 218 Å². The predicted octanol–water partition coefficient (Wildman–Crippen LogP) is 15.1. The van der Waals surface area contributed by atoms with Gasteiger partial charge in [0.15, 0.2) is 0 Å². The first-order chi connectivity index (χ1) is 29.0. The van der Waals surface area contributed by atoms with Crippen LogP contribution in [0.25, 0.3) is 33.4 Å². The lowest BCUT2D eigenvalue weighted by atomic mass is 9.65. The molecule has 0 atom stereocenters. The number of anilines is 3. The molecule has 8 aromatic carbocycles. The van der Waals surface area contributed by atoms with Crippen molar-refractivity contribution < 1.29 is 0 Å². The second-order valence-corrected chi connectivity index (χ2v) is 16.7. The van der Waals surface area contributed by atoms with Crippen molar-refractivity contribution in [2.45, 2.75) is 37.5 Å². The van der Waals surface area contributed by atoms with E-state index in [1.807, 2.05) is 0 Å². The lowest BCUT2D eigenvalue weighted by Crippen LogP contribution is -2.30. The number of para-hydroxylation sites is 1. The molecule has 8 aromatic rings. The van der Waals surface area contributed by atoms with Crippen LogP contribution in [0.1, 0.15) is 65.6 Å². The van der Waals surface area contributed by atoms with Crippen LogP contribution in [0.5, 0.6) is 0 Å². The summed E-state index contributed by atoms with van der Waals surface area (Å²) in [7, 11) is 0. The SMILES string of the molecule is CC1(C)c2ccccc2-c2ccc(N(c3ccc(-c4ccccc4)cc3)c3ccccc3C3=CCCC4=C3c3ccccc3C4(c3ccccc3)c3ccccc3)cc21. The maximum Gasteiger partial charge on any atom is 0.0676 e. The second kappa shape index (κ2) is 13.9. The van der Waals surface area contributed by atoms with Crippen LogP contribution in [0.2, 0.25) is 0 Å². The Hall–Kier alpha value is -6.96. The van der Waals surface area contributed by atoms with Crippen molar-refractivity contribution in [2.75, 3.05) is 4.90 Å². The molecule has 0 aliphatic heterocycles. The molecule has 11 rings (SSSR count). The molecule has 0 aromatic heterocycles. The van der Waals surface area contributed by atoms with Crippen LogP contribution in [0.3, 0.4) is 0 Å². The summed E-state index contributed by atoms with van der Waals surface area (Å²) in [5.41, 5.74) is 21.5. The van der Waals surface area contributed by atoms with E-state index in [0.29, 0.717) is 0 Å². The first kappa shape index (κ1) is 35.2. The zero-order valence-corrected chi connectivity index (χ0v) is 33.6. The maximum absolute atomic E-state index is 2.51. The monoisotopic (exact) mass is 755 g/mol. The number of hydrogen-bond donors (Lipinski definition) is 0. The fraction of sp³-hybridized carbons (Fsp3) is 0.103. The Morgan fingerprint density at radius 3 is 1.64 bits per heavy atom. The van der Waals surface area contributed by atoms with E-state index in [2.05, 4.69) is 231 Å². The first-order valence-corrected chi connectivity index (χ1v) is 21.0. The van der Waals surface area contributed by atoms with Crippen LogP contribution in [0, 0.1) is 0 Å². The van der Waals surface area contributed by atoms with E-state index in [4.69, 9.17) is 0 Å². The van der Waals surface area contributed by atoms with Crippen molar-refractivity contribution in [1.29, 1.82) is 0 Å². The number of hydrogen-bond acceptors (Lipinski definition) is 1. The molecule has 1 heteroatoms. The number of fused-ring (bicyclic) bond motifs is 5. The molecule has 0 amide bonds. The molecule has 3 aliphatic rings. The highest BCUT2D eigenvalue weighted by Gasteiger charge is 2.49. The van der Waals surface area contributed by atoms with Crippen molar-refractivity contribution in [3.8, 4) is 22.3 Å². The van der Waals surface area contributed by atoms with E-state index in [1.165, 1.54) is 83.6 Å². The minimum absolute atomic E-state index is 0.123. The third-order valence-electron chi connectivity index (χ3n) is 13.3. The number of rotatable bonds is 7. The van der Waals surface area contributed by atoms with Gasteiger partial charge in [0, 0.05) is 22.4 Å². The highest BCUT2D eigenvalue weighted by Crippen LogP contribution is 2.61. The highest BCUT2D eigenvalue weighted by molar-refractivity contribution is 6.13. The summed E-state index contributed by atoms with van der Waals surface area (Å²) in [5.74, 6) is 0. The Morgan fingerprint density at radius 1 is 0.424 bits per heavy atom. The van der Waals surface area contributed by atoms with Gasteiger partial charge in [-0.15, -0.1) is 0 Å². The molecule has 0 saturated heterocycles. The van der Waals surface area contributed by atoms with Gasteiger partial charge in [-0.25, -0.2) is 0 Å². The molecule has 282 valence electrons. The number of allylic oxidation sites excluding steroid dienone is 4. The van der Waals surface area contributed by atoms with Gasteiger partial charge in [-0.05, 0) is 116 Å². The van der Waals surface area contributed by atoms with E-state index >= 15 is 0 Å². The van der Waals surface area contributed by atoms with Crippen LogP contribution >= 0.6 is 0 Å². The van der Waals surface area contributed by atoms with E-state index in [9.17, 15) is 0 Å². The second-order valence-electron chi connectivity index (χ2n) is 16.7. The van der Waals surface area contributed by atoms with Gasteiger partial charge in [0.1, 0.15) is 0 Å². The Morgan fingerprint density at radius 2 is 0.949 bits per heavy atom. The van der Waals surface area contributed by atoms with Gasteiger partial charge < -0.3 is 4.90 Å². The van der Waals surface area contributed by atoms with Crippen molar-refractivity contribution in [3.63, 3.8) is 0 Å². The molecule has 3 aliphatic carbocycles. The zero-order valence-electron chi connectivity index (χ0n) is 33.6. The molecule has 0 N–H and O–H groups in total. The van der Waals surface area contributed by atoms with Gasteiger partial charge in [-0.1, -0.05) is 196 Å². The average Bonchev–Trinajstić information content (AvgIpc) is 3.73. The lowest BCUT2D eigenvalue weighted by Gasteiger charge is -2.37.